The monoisotopic (exact) mass is 140 g/mol. The fourth-order valence-corrected chi connectivity index (χ4v) is 0.0909. The number of hydrogen-bond acceptors (Lipinski definition) is 4. The maximum Gasteiger partial charge on any atom is 0.297 e. The number of nitriles is 1. The summed E-state index contributed by atoms with van der Waals surface area (Å²) in [5.74, 6) is -3.03. The third-order valence-corrected chi connectivity index (χ3v) is 0.581. The molecule has 0 bridgehead atoms. The average molecular weight is 140 g/mol. The highest BCUT2D eigenvalue weighted by atomic mass is 19.4. The van der Waals surface area contributed by atoms with Crippen molar-refractivity contribution < 1.29 is 13.4 Å². The van der Waals surface area contributed by atoms with Crippen molar-refractivity contribution in [2.45, 2.75) is 5.79 Å². The van der Waals surface area contributed by atoms with Crippen molar-refractivity contribution in [3.63, 3.8) is 0 Å². The van der Waals surface area contributed by atoms with Crippen molar-refractivity contribution in [2.24, 2.45) is 5.73 Å². The van der Waals surface area contributed by atoms with Gasteiger partial charge in [-0.3, -0.25) is 5.73 Å². The summed E-state index contributed by atoms with van der Waals surface area (Å²) in [5, 5.41) is 5.99. The first-order chi connectivity index (χ1) is 4.06. The second kappa shape index (κ2) is 2.63. The number of halogens is 3. The predicted octanol–water partition coefficient (Wildman–Crippen LogP) is -0.332. The van der Waals surface area contributed by atoms with Gasteiger partial charge in [-0.2, -0.15) is 5.26 Å². The van der Waals surface area contributed by atoms with Gasteiger partial charge in [0.05, 0.1) is 5.34 Å². The zero-order valence-electron chi connectivity index (χ0n) is 4.11. The zero-order chi connectivity index (χ0) is 7.49. The third kappa shape index (κ3) is 1.53. The van der Waals surface area contributed by atoms with E-state index in [4.69, 9.17) is 5.26 Å². The molecule has 0 aromatic carbocycles. The molecule has 0 fully saturated rings. The maximum atomic E-state index is 11.3. The largest absolute Gasteiger partial charge is 0.297 e. The summed E-state index contributed by atoms with van der Waals surface area (Å²) >= 11 is 0. The van der Waals surface area contributed by atoms with Crippen molar-refractivity contribution in [1.82, 2.24) is 10.9 Å². The lowest BCUT2D eigenvalue weighted by atomic mass is 10.5. The van der Waals surface area contributed by atoms with Crippen LogP contribution in [0.5, 0.6) is 0 Å². The second-order valence-corrected chi connectivity index (χ2v) is 1.21. The van der Waals surface area contributed by atoms with Crippen LogP contribution >= 0.6 is 0 Å². The predicted molar refractivity (Wildman–Crippen MR) is 20.8 cm³/mol. The summed E-state index contributed by atoms with van der Waals surface area (Å²) in [6.07, 6.45) is 0. The van der Waals surface area contributed by atoms with Crippen molar-refractivity contribution >= 4 is 0 Å². The topological polar surface area (TPSA) is 65.1 Å². The Bertz CT molecular complexity index is 130. The maximum absolute atomic E-state index is 11.3. The molecule has 0 saturated heterocycles. The molecule has 3 N–H and O–H groups in total. The minimum Gasteiger partial charge on any atom is -0.282 e. The quantitative estimate of drug-likeness (QED) is 0.407. The summed E-state index contributed by atoms with van der Waals surface area (Å²) in [7, 11) is 0. The van der Waals surface area contributed by atoms with E-state index in [-0.39, 0.29) is 0 Å². The Hall–Kier alpha value is -0.840. The van der Waals surface area contributed by atoms with Crippen LogP contribution in [0.3, 0.4) is 0 Å². The van der Waals surface area contributed by atoms with E-state index in [0.29, 0.717) is 5.54 Å². The minimum absolute atomic E-state index is 0.420. The summed E-state index contributed by atoms with van der Waals surface area (Å²) in [5.41, 5.74) is 4.79. The second-order valence-electron chi connectivity index (χ2n) is 1.21. The van der Waals surface area contributed by atoms with Gasteiger partial charge >= 0.3 is 0 Å². The summed E-state index contributed by atoms with van der Waals surface area (Å²) in [6.45, 7) is 0. The van der Waals surface area contributed by atoms with E-state index in [1.807, 2.05) is 0 Å². The van der Waals surface area contributed by atoms with E-state index in [1.54, 1.807) is 0 Å². The van der Waals surface area contributed by atoms with Crippen molar-refractivity contribution in [2.75, 3.05) is 0 Å². The van der Waals surface area contributed by atoms with Crippen LogP contribution in [0.4, 0.5) is 13.4 Å². The molecular weight excluding hydrogens is 137 g/mol. The van der Waals surface area contributed by atoms with Gasteiger partial charge in [-0.15, -0.1) is 10.0 Å². The third-order valence-electron chi connectivity index (χ3n) is 0.581. The van der Waals surface area contributed by atoms with Crippen molar-refractivity contribution in [3.8, 4) is 6.07 Å². The van der Waals surface area contributed by atoms with Crippen molar-refractivity contribution in [1.29, 1.82) is 5.26 Å². The molecule has 9 heavy (non-hydrogen) atoms. The van der Waals surface area contributed by atoms with Crippen LogP contribution in [0.15, 0.2) is 0 Å². The fourth-order valence-electron chi connectivity index (χ4n) is 0.0909. The zero-order valence-corrected chi connectivity index (χ0v) is 4.11. The van der Waals surface area contributed by atoms with Gasteiger partial charge in [0.1, 0.15) is 6.07 Å². The molecule has 0 aliphatic heterocycles. The Balaban J connectivity index is 4.14. The highest BCUT2D eigenvalue weighted by Crippen LogP contribution is 2.04. The molecular formula is C2H3F3N4. The summed E-state index contributed by atoms with van der Waals surface area (Å²) in [6, 6.07) is 0.795. The lowest BCUT2D eigenvalue weighted by Gasteiger charge is -2.15. The van der Waals surface area contributed by atoms with Gasteiger partial charge in [0.2, 0.25) is 0 Å². The fraction of sp³-hybridized carbons (Fsp3) is 0.500. The first-order valence-electron chi connectivity index (χ1n) is 1.76. The Morgan fingerprint density at radius 3 is 2.11 bits per heavy atom. The van der Waals surface area contributed by atoms with Crippen LogP contribution in [0.1, 0.15) is 0 Å². The van der Waals surface area contributed by atoms with Gasteiger partial charge in [-0.25, -0.2) is 0 Å². The Labute approximate surface area is 48.4 Å². The number of nitrogens with one attached hydrogen (secondary N) is 1. The van der Waals surface area contributed by atoms with Gasteiger partial charge in [0.15, 0.2) is 0 Å². The highest BCUT2D eigenvalue weighted by Gasteiger charge is 2.34. The van der Waals surface area contributed by atoms with Crippen LogP contribution < -0.4 is 11.3 Å². The Morgan fingerprint density at radius 2 is 2.11 bits per heavy atom. The van der Waals surface area contributed by atoms with E-state index in [9.17, 15) is 13.4 Å². The van der Waals surface area contributed by atoms with Crippen LogP contribution in [0.2, 0.25) is 0 Å². The lowest BCUT2D eigenvalue weighted by molar-refractivity contribution is -0.234. The van der Waals surface area contributed by atoms with Gasteiger partial charge in [0, 0.05) is 0 Å². The molecule has 1 unspecified atom stereocenters. The summed E-state index contributed by atoms with van der Waals surface area (Å²) in [4.78, 5) is 0. The smallest absolute Gasteiger partial charge is 0.282 e. The molecule has 4 nitrogen and oxygen atoms in total. The Morgan fingerprint density at radius 1 is 1.67 bits per heavy atom. The molecule has 7 heteroatoms. The molecule has 0 spiro atoms. The van der Waals surface area contributed by atoms with E-state index in [2.05, 4.69) is 5.73 Å². The molecule has 0 aromatic heterocycles. The highest BCUT2D eigenvalue weighted by molar-refractivity contribution is 4.94. The molecule has 0 saturated carbocycles. The van der Waals surface area contributed by atoms with Crippen LogP contribution in [0.25, 0.3) is 0 Å². The van der Waals surface area contributed by atoms with Gasteiger partial charge in [-0.05, 0) is 0 Å². The first kappa shape index (κ1) is 8.16. The van der Waals surface area contributed by atoms with Crippen LogP contribution in [-0.2, 0) is 0 Å². The first-order valence-corrected chi connectivity index (χ1v) is 1.76. The van der Waals surface area contributed by atoms with E-state index in [0.717, 1.165) is 6.07 Å². The van der Waals surface area contributed by atoms with Crippen LogP contribution in [-0.4, -0.2) is 11.1 Å². The van der Waals surface area contributed by atoms with E-state index < -0.39 is 11.1 Å². The van der Waals surface area contributed by atoms with Gasteiger partial charge < -0.3 is 0 Å². The van der Waals surface area contributed by atoms with E-state index in [1.165, 1.54) is 0 Å². The SMILES string of the molecule is N#CC(N)(NF)N(F)F. The minimum atomic E-state index is -3.03. The molecule has 0 aliphatic carbocycles. The number of rotatable bonds is 2. The van der Waals surface area contributed by atoms with E-state index >= 15 is 0 Å². The van der Waals surface area contributed by atoms with Crippen LogP contribution in [0, 0.1) is 11.3 Å². The molecule has 52 valence electrons. The molecule has 0 aliphatic rings. The molecule has 0 rings (SSSR count). The lowest BCUT2D eigenvalue weighted by Crippen LogP contribution is -2.56. The molecule has 0 aromatic rings. The van der Waals surface area contributed by atoms with Crippen molar-refractivity contribution in [3.05, 3.63) is 0 Å². The normalized spacial score (nSPS) is 16.9. The number of nitrogens with zero attached hydrogens (tertiary/aromatic N) is 2. The van der Waals surface area contributed by atoms with Gasteiger partial charge in [0.25, 0.3) is 5.79 Å². The Kier molecular flexibility index (Phi) is 2.39. The number of nitrogens with two attached hydrogens (primary N) is 1. The standard InChI is InChI=1S/C2H3F3N4/c3-8-2(7,1-6)9(4)5/h8H,7H2. The molecule has 0 heterocycles. The molecule has 0 amide bonds. The average Bonchev–Trinajstić information content (AvgIpc) is 1.86. The van der Waals surface area contributed by atoms with Gasteiger partial charge in [-0.1, -0.05) is 8.96 Å². The molecule has 0 radical (unpaired) electrons. The molecule has 1 atom stereocenters. The summed E-state index contributed by atoms with van der Waals surface area (Å²) < 4.78 is 33.7. The number of hydrogen-bond donors (Lipinski definition) is 2.